The highest BCUT2D eigenvalue weighted by Crippen LogP contribution is 2.35. The number of ether oxygens (including phenoxy) is 1. The van der Waals surface area contributed by atoms with E-state index in [0.717, 1.165) is 56.7 Å². The number of fused-ring (bicyclic) bond motifs is 1. The molecule has 1 spiro atoms. The van der Waals surface area contributed by atoms with Gasteiger partial charge in [0.25, 0.3) is 0 Å². The number of aromatic nitrogens is 2. The molecule has 4 rings (SSSR count). The number of imidazole rings is 1. The van der Waals surface area contributed by atoms with Crippen molar-refractivity contribution in [1.29, 1.82) is 0 Å². The Labute approximate surface area is 136 Å². The van der Waals surface area contributed by atoms with E-state index in [1.165, 1.54) is 5.69 Å². The Morgan fingerprint density at radius 3 is 2.91 bits per heavy atom. The van der Waals surface area contributed by atoms with Crippen molar-refractivity contribution in [2.24, 2.45) is 0 Å². The minimum absolute atomic E-state index is 0.0797. The third kappa shape index (κ3) is 3.01. The molecule has 0 aromatic carbocycles. The molecule has 23 heavy (non-hydrogen) atoms. The van der Waals surface area contributed by atoms with Gasteiger partial charge in [-0.2, -0.15) is 0 Å². The number of aryl methyl sites for hydroxylation is 1. The van der Waals surface area contributed by atoms with Crippen molar-refractivity contribution in [1.82, 2.24) is 14.3 Å². The average Bonchev–Trinajstić information content (AvgIpc) is 2.94. The molecule has 1 N–H and O–H groups in total. The number of hydrogen-bond acceptors (Lipinski definition) is 4. The van der Waals surface area contributed by atoms with Crippen LogP contribution < -0.4 is 0 Å². The second-order valence-electron chi connectivity index (χ2n) is 7.08. The number of pyridine rings is 1. The van der Waals surface area contributed by atoms with E-state index in [0.29, 0.717) is 6.61 Å². The van der Waals surface area contributed by atoms with Crippen LogP contribution in [0.1, 0.15) is 37.1 Å². The summed E-state index contributed by atoms with van der Waals surface area (Å²) < 4.78 is 8.19. The number of rotatable bonds is 2. The third-order valence-electron chi connectivity index (χ3n) is 5.37. The summed E-state index contributed by atoms with van der Waals surface area (Å²) in [5.74, 6) is 0. The normalized spacial score (nSPS) is 25.2. The van der Waals surface area contributed by atoms with Gasteiger partial charge in [-0.3, -0.25) is 4.90 Å². The molecule has 1 atom stereocenters. The lowest BCUT2D eigenvalue weighted by Gasteiger charge is -2.45. The van der Waals surface area contributed by atoms with Crippen molar-refractivity contribution in [3.8, 4) is 0 Å². The maximum absolute atomic E-state index is 9.93. The Hall–Kier alpha value is -1.43. The summed E-state index contributed by atoms with van der Waals surface area (Å²) in [5.41, 5.74) is 3.28. The number of likely N-dealkylation sites (tertiary alicyclic amines) is 1. The van der Waals surface area contributed by atoms with Crippen molar-refractivity contribution in [2.45, 2.75) is 50.9 Å². The standard InChI is InChI=1S/C18H25N3O2/c1-14-3-2-4-17-19-15(13-21(14)17)12-20-8-6-18(7-9-20)11-16(22)5-10-23-18/h2-4,13,16,22H,5-12H2,1H3. The van der Waals surface area contributed by atoms with E-state index in [1.807, 2.05) is 0 Å². The second kappa shape index (κ2) is 5.89. The highest BCUT2D eigenvalue weighted by Gasteiger charge is 2.39. The fourth-order valence-electron chi connectivity index (χ4n) is 3.97. The zero-order valence-corrected chi connectivity index (χ0v) is 13.7. The van der Waals surface area contributed by atoms with Crippen molar-refractivity contribution < 1.29 is 9.84 Å². The molecule has 4 heterocycles. The van der Waals surface area contributed by atoms with Crippen LogP contribution in [0.3, 0.4) is 0 Å². The average molecular weight is 315 g/mol. The molecular formula is C18H25N3O2. The highest BCUT2D eigenvalue weighted by molar-refractivity contribution is 5.41. The first-order chi connectivity index (χ1) is 11.1. The molecule has 0 aliphatic carbocycles. The molecule has 124 valence electrons. The van der Waals surface area contributed by atoms with E-state index in [-0.39, 0.29) is 11.7 Å². The van der Waals surface area contributed by atoms with E-state index in [1.54, 1.807) is 0 Å². The molecule has 2 saturated heterocycles. The maximum Gasteiger partial charge on any atom is 0.137 e. The van der Waals surface area contributed by atoms with Crippen LogP contribution in [-0.2, 0) is 11.3 Å². The molecule has 0 amide bonds. The molecule has 2 aliphatic rings. The summed E-state index contributed by atoms with van der Waals surface area (Å²) >= 11 is 0. The molecule has 5 heteroatoms. The fraction of sp³-hybridized carbons (Fsp3) is 0.611. The molecule has 2 aromatic rings. The SMILES string of the molecule is Cc1cccc2nc(CN3CCC4(CC3)CC(O)CCO4)cn12. The van der Waals surface area contributed by atoms with Crippen molar-refractivity contribution in [3.05, 3.63) is 35.8 Å². The Balaban J connectivity index is 1.41. The van der Waals surface area contributed by atoms with Gasteiger partial charge in [-0.1, -0.05) is 6.07 Å². The van der Waals surface area contributed by atoms with Gasteiger partial charge in [0, 0.05) is 44.6 Å². The number of aliphatic hydroxyl groups is 1. The molecule has 2 aliphatic heterocycles. The zero-order chi connectivity index (χ0) is 15.9. The summed E-state index contributed by atoms with van der Waals surface area (Å²) in [6, 6.07) is 6.21. The van der Waals surface area contributed by atoms with Gasteiger partial charge in [-0.05, 0) is 38.3 Å². The first-order valence-electron chi connectivity index (χ1n) is 8.62. The van der Waals surface area contributed by atoms with Crippen LogP contribution in [-0.4, -0.2) is 50.8 Å². The van der Waals surface area contributed by atoms with Crippen LogP contribution in [0.25, 0.3) is 5.65 Å². The number of nitrogens with zero attached hydrogens (tertiary/aromatic N) is 3. The van der Waals surface area contributed by atoms with Crippen LogP contribution in [0.15, 0.2) is 24.4 Å². The molecule has 2 aromatic heterocycles. The largest absolute Gasteiger partial charge is 0.393 e. The van der Waals surface area contributed by atoms with Crippen LogP contribution >= 0.6 is 0 Å². The van der Waals surface area contributed by atoms with E-state index in [4.69, 9.17) is 9.72 Å². The minimum atomic E-state index is -0.184. The van der Waals surface area contributed by atoms with Crippen LogP contribution in [0.2, 0.25) is 0 Å². The summed E-state index contributed by atoms with van der Waals surface area (Å²) in [5, 5.41) is 9.93. The summed E-state index contributed by atoms with van der Waals surface area (Å²) in [6.45, 7) is 5.72. The van der Waals surface area contributed by atoms with Gasteiger partial charge in [0.2, 0.25) is 0 Å². The Morgan fingerprint density at radius 2 is 2.17 bits per heavy atom. The van der Waals surface area contributed by atoms with Crippen LogP contribution in [0.5, 0.6) is 0 Å². The Bertz CT molecular complexity index is 689. The van der Waals surface area contributed by atoms with E-state index >= 15 is 0 Å². The van der Waals surface area contributed by atoms with Gasteiger partial charge in [0.1, 0.15) is 5.65 Å². The predicted molar refractivity (Wildman–Crippen MR) is 88.4 cm³/mol. The van der Waals surface area contributed by atoms with Gasteiger partial charge >= 0.3 is 0 Å². The maximum atomic E-state index is 9.93. The predicted octanol–water partition coefficient (Wildman–Crippen LogP) is 2.15. The number of aliphatic hydroxyl groups excluding tert-OH is 1. The number of piperidine rings is 1. The van der Waals surface area contributed by atoms with Crippen LogP contribution in [0, 0.1) is 6.92 Å². The van der Waals surface area contributed by atoms with Gasteiger partial charge in [-0.25, -0.2) is 4.98 Å². The lowest BCUT2D eigenvalue weighted by atomic mass is 9.83. The van der Waals surface area contributed by atoms with E-state index in [2.05, 4.69) is 40.6 Å². The quantitative estimate of drug-likeness (QED) is 0.922. The van der Waals surface area contributed by atoms with E-state index < -0.39 is 0 Å². The van der Waals surface area contributed by atoms with Gasteiger partial charge in [0.05, 0.1) is 17.4 Å². The minimum Gasteiger partial charge on any atom is -0.393 e. The Kier molecular flexibility index (Phi) is 3.87. The van der Waals surface area contributed by atoms with Crippen molar-refractivity contribution >= 4 is 5.65 Å². The Morgan fingerprint density at radius 1 is 1.35 bits per heavy atom. The second-order valence-corrected chi connectivity index (χ2v) is 7.08. The monoisotopic (exact) mass is 315 g/mol. The zero-order valence-electron chi connectivity index (χ0n) is 13.7. The van der Waals surface area contributed by atoms with Gasteiger partial charge < -0.3 is 14.2 Å². The topological polar surface area (TPSA) is 50.0 Å². The molecule has 1 unspecified atom stereocenters. The van der Waals surface area contributed by atoms with E-state index in [9.17, 15) is 5.11 Å². The lowest BCUT2D eigenvalue weighted by molar-refractivity contribution is -0.143. The molecule has 0 saturated carbocycles. The van der Waals surface area contributed by atoms with Gasteiger partial charge in [-0.15, -0.1) is 0 Å². The first kappa shape index (κ1) is 15.1. The molecule has 2 fully saturated rings. The first-order valence-corrected chi connectivity index (χ1v) is 8.62. The fourth-order valence-corrected chi connectivity index (χ4v) is 3.97. The van der Waals surface area contributed by atoms with Gasteiger partial charge in [0.15, 0.2) is 0 Å². The molecule has 5 nitrogen and oxygen atoms in total. The highest BCUT2D eigenvalue weighted by atomic mass is 16.5. The summed E-state index contributed by atoms with van der Waals surface area (Å²) in [6.07, 6.45) is 5.57. The third-order valence-corrected chi connectivity index (χ3v) is 5.37. The smallest absolute Gasteiger partial charge is 0.137 e. The lowest BCUT2D eigenvalue weighted by Crippen LogP contribution is -2.50. The van der Waals surface area contributed by atoms with Crippen LogP contribution in [0.4, 0.5) is 0 Å². The molecule has 0 radical (unpaired) electrons. The summed E-state index contributed by atoms with van der Waals surface area (Å²) in [4.78, 5) is 7.18. The van der Waals surface area contributed by atoms with Crippen molar-refractivity contribution in [2.75, 3.05) is 19.7 Å². The molecule has 0 bridgehead atoms. The summed E-state index contributed by atoms with van der Waals surface area (Å²) in [7, 11) is 0. The van der Waals surface area contributed by atoms with Crippen molar-refractivity contribution in [3.63, 3.8) is 0 Å². The number of hydrogen-bond donors (Lipinski definition) is 1. The molecular weight excluding hydrogens is 290 g/mol.